The van der Waals surface area contributed by atoms with E-state index in [1.807, 2.05) is 18.2 Å². The molecule has 0 unspecified atom stereocenters. The maximum Gasteiger partial charge on any atom is 0.269 e. The molecule has 2 aromatic rings. The van der Waals surface area contributed by atoms with Crippen molar-refractivity contribution in [3.63, 3.8) is 0 Å². The van der Waals surface area contributed by atoms with E-state index in [4.69, 9.17) is 0 Å². The SMILES string of the molecule is O=C(c1ccc(Br)cc1)N1CCN=C1SCc1cccc([N+](=O)[O-])c1. The molecule has 1 heterocycles. The van der Waals surface area contributed by atoms with E-state index in [2.05, 4.69) is 20.9 Å². The molecule has 1 aliphatic rings. The van der Waals surface area contributed by atoms with Crippen LogP contribution in [0.1, 0.15) is 15.9 Å². The normalized spacial score (nSPS) is 13.6. The third-order valence-corrected chi connectivity index (χ3v) is 5.24. The monoisotopic (exact) mass is 419 g/mol. The molecule has 1 aliphatic heterocycles. The predicted octanol–water partition coefficient (Wildman–Crippen LogP) is 4.10. The van der Waals surface area contributed by atoms with Crippen molar-refractivity contribution in [2.24, 2.45) is 4.99 Å². The summed E-state index contributed by atoms with van der Waals surface area (Å²) in [7, 11) is 0. The highest BCUT2D eigenvalue weighted by Gasteiger charge is 2.25. The zero-order chi connectivity index (χ0) is 17.8. The zero-order valence-electron chi connectivity index (χ0n) is 13.1. The fourth-order valence-electron chi connectivity index (χ4n) is 2.39. The van der Waals surface area contributed by atoms with Crippen molar-refractivity contribution in [2.45, 2.75) is 5.75 Å². The highest BCUT2D eigenvalue weighted by atomic mass is 79.9. The van der Waals surface area contributed by atoms with Gasteiger partial charge >= 0.3 is 0 Å². The molecule has 0 radical (unpaired) electrons. The Morgan fingerprint density at radius 3 is 2.76 bits per heavy atom. The van der Waals surface area contributed by atoms with E-state index in [-0.39, 0.29) is 11.6 Å². The second kappa shape index (κ2) is 7.79. The van der Waals surface area contributed by atoms with Crippen molar-refractivity contribution >= 4 is 44.5 Å². The number of amidine groups is 1. The second-order valence-electron chi connectivity index (χ2n) is 5.34. The third-order valence-electron chi connectivity index (χ3n) is 3.63. The number of rotatable bonds is 4. The Hall–Kier alpha value is -2.19. The van der Waals surface area contributed by atoms with Crippen LogP contribution in [0.25, 0.3) is 0 Å². The maximum absolute atomic E-state index is 12.7. The van der Waals surface area contributed by atoms with E-state index in [1.165, 1.54) is 17.8 Å². The molecule has 2 aromatic carbocycles. The Morgan fingerprint density at radius 1 is 1.28 bits per heavy atom. The number of amides is 1. The first kappa shape index (κ1) is 17.6. The summed E-state index contributed by atoms with van der Waals surface area (Å²) >= 11 is 4.77. The molecule has 0 saturated carbocycles. The Bertz CT molecular complexity index is 839. The number of aliphatic imine (C=N–C) groups is 1. The summed E-state index contributed by atoms with van der Waals surface area (Å²) in [6.07, 6.45) is 0. The van der Waals surface area contributed by atoms with E-state index >= 15 is 0 Å². The smallest absolute Gasteiger partial charge is 0.269 e. The summed E-state index contributed by atoms with van der Waals surface area (Å²) < 4.78 is 0.916. The molecule has 128 valence electrons. The lowest BCUT2D eigenvalue weighted by Gasteiger charge is -2.18. The summed E-state index contributed by atoms with van der Waals surface area (Å²) in [5, 5.41) is 11.5. The molecule has 8 heteroatoms. The van der Waals surface area contributed by atoms with Crippen molar-refractivity contribution in [2.75, 3.05) is 13.1 Å². The highest BCUT2D eigenvalue weighted by molar-refractivity contribution is 9.10. The van der Waals surface area contributed by atoms with E-state index in [0.717, 1.165) is 10.0 Å². The Labute approximate surface area is 157 Å². The van der Waals surface area contributed by atoms with Crippen LogP contribution in [0.3, 0.4) is 0 Å². The number of hydrogen-bond acceptors (Lipinski definition) is 5. The highest BCUT2D eigenvalue weighted by Crippen LogP contribution is 2.23. The molecular weight excluding hydrogens is 406 g/mol. The largest absolute Gasteiger partial charge is 0.286 e. The van der Waals surface area contributed by atoms with Crippen LogP contribution in [0, 0.1) is 10.1 Å². The molecule has 0 aliphatic carbocycles. The first-order valence-electron chi connectivity index (χ1n) is 7.52. The van der Waals surface area contributed by atoms with Crippen molar-refractivity contribution < 1.29 is 9.72 Å². The van der Waals surface area contributed by atoms with E-state index in [9.17, 15) is 14.9 Å². The van der Waals surface area contributed by atoms with Gasteiger partial charge in [-0.3, -0.25) is 24.8 Å². The Morgan fingerprint density at radius 2 is 2.04 bits per heavy atom. The van der Waals surface area contributed by atoms with Crippen LogP contribution in [-0.2, 0) is 5.75 Å². The van der Waals surface area contributed by atoms with Gasteiger partial charge in [0.25, 0.3) is 11.6 Å². The maximum atomic E-state index is 12.7. The van der Waals surface area contributed by atoms with Gasteiger partial charge in [-0.15, -0.1) is 0 Å². The first-order chi connectivity index (χ1) is 12.0. The first-order valence-corrected chi connectivity index (χ1v) is 9.30. The van der Waals surface area contributed by atoms with Crippen LogP contribution >= 0.6 is 27.7 Å². The fourth-order valence-corrected chi connectivity index (χ4v) is 3.65. The van der Waals surface area contributed by atoms with E-state index in [0.29, 0.717) is 29.6 Å². The summed E-state index contributed by atoms with van der Waals surface area (Å²) in [4.78, 5) is 29.1. The van der Waals surface area contributed by atoms with Gasteiger partial charge in [0, 0.05) is 34.5 Å². The third kappa shape index (κ3) is 4.26. The summed E-state index contributed by atoms with van der Waals surface area (Å²) in [6, 6.07) is 13.7. The fraction of sp³-hybridized carbons (Fsp3) is 0.176. The number of carbonyl (C=O) groups excluding carboxylic acids is 1. The van der Waals surface area contributed by atoms with Crippen molar-refractivity contribution in [3.05, 3.63) is 74.2 Å². The lowest BCUT2D eigenvalue weighted by molar-refractivity contribution is -0.384. The molecule has 0 spiro atoms. The molecule has 0 aromatic heterocycles. The summed E-state index contributed by atoms with van der Waals surface area (Å²) in [5.41, 5.74) is 1.49. The minimum absolute atomic E-state index is 0.0641. The quantitative estimate of drug-likeness (QED) is 0.551. The minimum atomic E-state index is -0.412. The number of nitro groups is 1. The molecule has 6 nitrogen and oxygen atoms in total. The number of non-ortho nitro benzene ring substituents is 1. The average Bonchev–Trinajstić information content (AvgIpc) is 3.09. The van der Waals surface area contributed by atoms with Crippen LogP contribution in [0.4, 0.5) is 5.69 Å². The number of carbonyl (C=O) groups is 1. The number of benzene rings is 2. The van der Waals surface area contributed by atoms with Gasteiger partial charge in [-0.05, 0) is 29.8 Å². The Balaban J connectivity index is 1.68. The van der Waals surface area contributed by atoms with Gasteiger partial charge in [0.05, 0.1) is 11.5 Å². The van der Waals surface area contributed by atoms with E-state index in [1.54, 1.807) is 29.2 Å². The van der Waals surface area contributed by atoms with Gasteiger partial charge in [0.15, 0.2) is 5.17 Å². The number of halogens is 1. The van der Waals surface area contributed by atoms with Gasteiger partial charge in [-0.1, -0.05) is 39.8 Å². The van der Waals surface area contributed by atoms with Crippen LogP contribution in [0.15, 0.2) is 58.0 Å². The van der Waals surface area contributed by atoms with Crippen molar-refractivity contribution in [1.82, 2.24) is 4.90 Å². The molecule has 0 bridgehead atoms. The summed E-state index contributed by atoms with van der Waals surface area (Å²) in [5.74, 6) is 0.431. The lowest BCUT2D eigenvalue weighted by atomic mass is 10.2. The van der Waals surface area contributed by atoms with Gasteiger partial charge in [0.2, 0.25) is 0 Å². The average molecular weight is 420 g/mol. The molecule has 0 fully saturated rings. The van der Waals surface area contributed by atoms with Crippen LogP contribution < -0.4 is 0 Å². The summed E-state index contributed by atoms with van der Waals surface area (Å²) in [6.45, 7) is 1.12. The topological polar surface area (TPSA) is 75.8 Å². The van der Waals surface area contributed by atoms with Gasteiger partial charge in [-0.25, -0.2) is 0 Å². The zero-order valence-corrected chi connectivity index (χ0v) is 15.5. The molecule has 0 N–H and O–H groups in total. The number of thioether (sulfide) groups is 1. The van der Waals surface area contributed by atoms with Crippen LogP contribution in [0.5, 0.6) is 0 Å². The van der Waals surface area contributed by atoms with Crippen LogP contribution in [0.2, 0.25) is 0 Å². The lowest BCUT2D eigenvalue weighted by Crippen LogP contribution is -2.32. The molecule has 0 atom stereocenters. The molecule has 0 saturated heterocycles. The standard InChI is InChI=1S/C17H14BrN3O3S/c18-14-6-4-13(5-7-14)16(22)20-9-8-19-17(20)25-11-12-2-1-3-15(10-12)21(23)24/h1-7,10H,8-9,11H2. The van der Waals surface area contributed by atoms with Crippen molar-refractivity contribution in [3.8, 4) is 0 Å². The van der Waals surface area contributed by atoms with Gasteiger partial charge in [0.1, 0.15) is 0 Å². The van der Waals surface area contributed by atoms with Crippen LogP contribution in [-0.4, -0.2) is 34.0 Å². The molecule has 3 rings (SSSR count). The number of hydrogen-bond donors (Lipinski definition) is 0. The molecule has 1 amide bonds. The second-order valence-corrected chi connectivity index (χ2v) is 7.20. The predicted molar refractivity (Wildman–Crippen MR) is 102 cm³/mol. The van der Waals surface area contributed by atoms with Crippen molar-refractivity contribution in [1.29, 1.82) is 0 Å². The number of nitrogens with zero attached hydrogens (tertiary/aromatic N) is 3. The molecule has 25 heavy (non-hydrogen) atoms. The van der Waals surface area contributed by atoms with E-state index < -0.39 is 4.92 Å². The van der Waals surface area contributed by atoms with Gasteiger partial charge < -0.3 is 0 Å². The number of nitro benzene ring substituents is 1. The molecular formula is C17H14BrN3O3S. The van der Waals surface area contributed by atoms with Gasteiger partial charge in [-0.2, -0.15) is 0 Å². The Kier molecular flexibility index (Phi) is 5.50. The minimum Gasteiger partial charge on any atom is -0.286 e.